The molecule has 0 saturated carbocycles. The summed E-state index contributed by atoms with van der Waals surface area (Å²) in [6.45, 7) is 2.27. The van der Waals surface area contributed by atoms with E-state index in [4.69, 9.17) is 5.73 Å². The minimum atomic E-state index is -1.83. The van der Waals surface area contributed by atoms with Crippen LogP contribution in [0, 0.1) is 0 Å². The normalized spacial score (nSPS) is 36.7. The number of rotatable bonds is 0. The third-order valence-corrected chi connectivity index (χ3v) is 2.09. The van der Waals surface area contributed by atoms with Gasteiger partial charge in [-0.25, -0.2) is 0 Å². The van der Waals surface area contributed by atoms with Crippen molar-refractivity contribution >= 4 is 17.7 Å². The van der Waals surface area contributed by atoms with E-state index in [9.17, 15) is 9.90 Å². The molecule has 0 spiro atoms. The van der Waals surface area contributed by atoms with E-state index in [1.807, 2.05) is 6.92 Å². The molecule has 0 aliphatic carbocycles. The molecule has 0 aromatic heterocycles. The van der Waals surface area contributed by atoms with Gasteiger partial charge in [0, 0.05) is 6.04 Å². The van der Waals surface area contributed by atoms with E-state index in [1.54, 1.807) is 0 Å². The second kappa shape index (κ2) is 2.76. The molecule has 2 heterocycles. The number of amidine groups is 1. The van der Waals surface area contributed by atoms with Crippen LogP contribution in [0.4, 0.5) is 0 Å². The van der Waals surface area contributed by atoms with Crippen molar-refractivity contribution in [3.63, 3.8) is 0 Å². The highest BCUT2D eigenvalue weighted by Gasteiger charge is 2.47. The number of fused-ring (bicyclic) bond motifs is 1. The number of aliphatic hydroxyl groups is 1. The minimum absolute atomic E-state index is 0.0249. The maximum absolute atomic E-state index is 11.4. The van der Waals surface area contributed by atoms with E-state index in [-0.39, 0.29) is 17.8 Å². The molecule has 0 radical (unpaired) electrons. The van der Waals surface area contributed by atoms with Gasteiger partial charge in [0.15, 0.2) is 5.84 Å². The first-order chi connectivity index (χ1) is 6.52. The largest absolute Gasteiger partial charge is 0.369 e. The Kier molecular flexibility index (Phi) is 1.79. The van der Waals surface area contributed by atoms with E-state index in [0.717, 1.165) is 0 Å². The van der Waals surface area contributed by atoms with Crippen molar-refractivity contribution in [1.29, 1.82) is 0 Å². The minimum Gasteiger partial charge on any atom is -0.369 e. The van der Waals surface area contributed by atoms with Crippen LogP contribution in [0.15, 0.2) is 9.98 Å². The van der Waals surface area contributed by atoms with E-state index in [1.165, 1.54) is 0 Å². The molecule has 0 bridgehead atoms. The van der Waals surface area contributed by atoms with E-state index < -0.39 is 11.6 Å². The molecule has 0 aromatic rings. The van der Waals surface area contributed by atoms with Crippen molar-refractivity contribution in [1.82, 2.24) is 10.6 Å². The fourth-order valence-corrected chi connectivity index (χ4v) is 1.44. The number of carbonyl (C=O) groups is 1. The highest BCUT2D eigenvalue weighted by molar-refractivity contribution is 6.21. The lowest BCUT2D eigenvalue weighted by Crippen LogP contribution is -2.70. The van der Waals surface area contributed by atoms with Crippen LogP contribution in [0.3, 0.4) is 0 Å². The third kappa shape index (κ3) is 1.17. The molecule has 2 atom stereocenters. The number of aliphatic imine (C=N–C) groups is 2. The molecular weight excluding hydrogens is 186 g/mol. The summed E-state index contributed by atoms with van der Waals surface area (Å²) in [7, 11) is 0. The summed E-state index contributed by atoms with van der Waals surface area (Å²) in [4.78, 5) is 19.2. The van der Waals surface area contributed by atoms with Gasteiger partial charge in [-0.05, 0) is 6.92 Å². The van der Waals surface area contributed by atoms with Gasteiger partial charge in [0.25, 0.3) is 11.6 Å². The van der Waals surface area contributed by atoms with Crippen LogP contribution in [0.5, 0.6) is 0 Å². The van der Waals surface area contributed by atoms with Gasteiger partial charge in [0.05, 0.1) is 6.54 Å². The fraction of sp³-hybridized carbons (Fsp3) is 0.571. The number of hydrogen-bond donors (Lipinski definition) is 4. The molecular formula is C7H11N5O2. The maximum atomic E-state index is 11.4. The van der Waals surface area contributed by atoms with Crippen LogP contribution in [0.1, 0.15) is 6.92 Å². The van der Waals surface area contributed by atoms with Gasteiger partial charge in [0.2, 0.25) is 5.96 Å². The van der Waals surface area contributed by atoms with Crippen LogP contribution in [0.2, 0.25) is 0 Å². The Bertz CT molecular complexity index is 350. The Morgan fingerprint density at radius 2 is 2.43 bits per heavy atom. The molecule has 7 heteroatoms. The van der Waals surface area contributed by atoms with Gasteiger partial charge in [-0.3, -0.25) is 20.4 Å². The average Bonchev–Trinajstić information content (AvgIpc) is 2.08. The third-order valence-electron chi connectivity index (χ3n) is 2.09. The zero-order chi connectivity index (χ0) is 10.3. The van der Waals surface area contributed by atoms with Crippen LogP contribution in [-0.4, -0.2) is 41.1 Å². The lowest BCUT2D eigenvalue weighted by molar-refractivity contribution is -0.135. The first-order valence-corrected chi connectivity index (χ1v) is 4.23. The SMILES string of the molecule is CC1CN=C2N=C(N)NC(=O)C2(O)N1. The smallest absolute Gasteiger partial charge is 0.282 e. The highest BCUT2D eigenvalue weighted by atomic mass is 16.3. The molecule has 2 aliphatic rings. The second-order valence-corrected chi connectivity index (χ2v) is 3.37. The van der Waals surface area contributed by atoms with Gasteiger partial charge >= 0.3 is 0 Å². The summed E-state index contributed by atoms with van der Waals surface area (Å²) >= 11 is 0. The molecule has 76 valence electrons. The Morgan fingerprint density at radius 1 is 1.71 bits per heavy atom. The van der Waals surface area contributed by atoms with Crippen LogP contribution < -0.4 is 16.4 Å². The van der Waals surface area contributed by atoms with Crippen molar-refractivity contribution in [2.24, 2.45) is 15.7 Å². The predicted molar refractivity (Wildman–Crippen MR) is 49.6 cm³/mol. The molecule has 7 nitrogen and oxygen atoms in total. The summed E-state index contributed by atoms with van der Waals surface area (Å²) in [5.41, 5.74) is 3.49. The van der Waals surface area contributed by atoms with E-state index >= 15 is 0 Å². The van der Waals surface area contributed by atoms with Gasteiger partial charge < -0.3 is 10.8 Å². The average molecular weight is 197 g/mol. The van der Waals surface area contributed by atoms with Crippen LogP contribution >= 0.6 is 0 Å². The van der Waals surface area contributed by atoms with Crippen molar-refractivity contribution in [2.45, 2.75) is 18.7 Å². The van der Waals surface area contributed by atoms with Crippen molar-refractivity contribution in [2.75, 3.05) is 6.54 Å². The Balaban J connectivity index is 2.45. The number of nitrogens with one attached hydrogen (secondary N) is 2. The lowest BCUT2D eigenvalue weighted by atomic mass is 10.1. The zero-order valence-electron chi connectivity index (χ0n) is 7.61. The van der Waals surface area contributed by atoms with E-state index in [2.05, 4.69) is 20.6 Å². The van der Waals surface area contributed by atoms with Gasteiger partial charge in [-0.15, -0.1) is 0 Å². The molecule has 2 aliphatic heterocycles. The van der Waals surface area contributed by atoms with E-state index in [0.29, 0.717) is 6.54 Å². The molecule has 14 heavy (non-hydrogen) atoms. The standard InChI is InChI=1S/C7H11N5O2/c1-3-2-9-4-7(14,12-3)5(13)11-6(8)10-4/h3,12,14H,2H2,1H3,(H3,8,9,10,11,13). The molecule has 0 fully saturated rings. The van der Waals surface area contributed by atoms with Gasteiger partial charge in [-0.1, -0.05) is 0 Å². The number of carbonyl (C=O) groups excluding carboxylic acids is 1. The quantitative estimate of drug-likeness (QED) is 0.344. The zero-order valence-corrected chi connectivity index (χ0v) is 7.61. The summed E-state index contributed by atoms with van der Waals surface area (Å²) in [5.74, 6) is -0.665. The summed E-state index contributed by atoms with van der Waals surface area (Å²) < 4.78 is 0. The monoisotopic (exact) mass is 197 g/mol. The lowest BCUT2D eigenvalue weighted by Gasteiger charge is -2.35. The molecule has 0 saturated heterocycles. The Hall–Kier alpha value is -1.47. The fourth-order valence-electron chi connectivity index (χ4n) is 1.44. The number of amides is 1. The Morgan fingerprint density at radius 3 is 3.14 bits per heavy atom. The molecule has 1 amide bonds. The maximum Gasteiger partial charge on any atom is 0.282 e. The first kappa shape index (κ1) is 9.10. The second-order valence-electron chi connectivity index (χ2n) is 3.37. The number of nitrogens with two attached hydrogens (primary N) is 1. The molecule has 5 N–H and O–H groups in total. The van der Waals surface area contributed by atoms with Crippen molar-refractivity contribution in [3.05, 3.63) is 0 Å². The van der Waals surface area contributed by atoms with Crippen LogP contribution in [0.25, 0.3) is 0 Å². The van der Waals surface area contributed by atoms with Crippen molar-refractivity contribution < 1.29 is 9.90 Å². The van der Waals surface area contributed by atoms with Gasteiger partial charge in [0.1, 0.15) is 0 Å². The highest BCUT2D eigenvalue weighted by Crippen LogP contribution is 2.14. The Labute approximate surface area is 80.1 Å². The molecule has 0 aromatic carbocycles. The summed E-state index contributed by atoms with van der Waals surface area (Å²) in [5, 5.41) is 14.9. The number of nitrogens with zero attached hydrogens (tertiary/aromatic N) is 2. The number of guanidine groups is 1. The summed E-state index contributed by atoms with van der Waals surface area (Å²) in [6.07, 6.45) is 0. The predicted octanol–water partition coefficient (Wildman–Crippen LogP) is -2.49. The van der Waals surface area contributed by atoms with Gasteiger partial charge in [-0.2, -0.15) is 4.99 Å². The topological polar surface area (TPSA) is 112 Å². The number of hydrogen-bond acceptors (Lipinski definition) is 6. The van der Waals surface area contributed by atoms with Crippen LogP contribution in [-0.2, 0) is 4.79 Å². The first-order valence-electron chi connectivity index (χ1n) is 4.23. The molecule has 2 rings (SSSR count). The van der Waals surface area contributed by atoms with Crippen molar-refractivity contribution in [3.8, 4) is 0 Å². The summed E-state index contributed by atoms with van der Waals surface area (Å²) in [6, 6.07) is -0.0796. The molecule has 2 unspecified atom stereocenters.